The zero-order valence-electron chi connectivity index (χ0n) is 11.2. The van der Waals surface area contributed by atoms with Crippen molar-refractivity contribution in [3.05, 3.63) is 59.9 Å². The van der Waals surface area contributed by atoms with Gasteiger partial charge in [0.1, 0.15) is 11.6 Å². The van der Waals surface area contributed by atoms with Gasteiger partial charge in [0.2, 0.25) is 0 Å². The Balaban J connectivity index is 2.14. The minimum atomic E-state index is -0.217. The minimum Gasteiger partial charge on any atom is -0.492 e. The van der Waals surface area contributed by atoms with Crippen LogP contribution >= 0.6 is 0 Å². The fourth-order valence-electron chi connectivity index (χ4n) is 1.94. The molecule has 0 bridgehead atoms. The summed E-state index contributed by atoms with van der Waals surface area (Å²) in [7, 11) is 0. The molecule has 0 unspecified atom stereocenters. The van der Waals surface area contributed by atoms with E-state index in [4.69, 9.17) is 4.74 Å². The first-order valence-electron chi connectivity index (χ1n) is 6.44. The molecule has 0 spiro atoms. The molecule has 2 nitrogen and oxygen atoms in total. The van der Waals surface area contributed by atoms with Gasteiger partial charge in [0.15, 0.2) is 0 Å². The van der Waals surface area contributed by atoms with Gasteiger partial charge in [0.05, 0.1) is 12.3 Å². The maximum absolute atomic E-state index is 12.9. The quantitative estimate of drug-likeness (QED) is 0.859. The van der Waals surface area contributed by atoms with E-state index < -0.39 is 0 Å². The number of halogens is 1. The van der Waals surface area contributed by atoms with Crippen LogP contribution in [0.5, 0.6) is 5.75 Å². The van der Waals surface area contributed by atoms with E-state index in [9.17, 15) is 4.39 Å². The van der Waals surface area contributed by atoms with Gasteiger partial charge in [-0.15, -0.1) is 0 Å². The lowest BCUT2D eigenvalue weighted by Gasteiger charge is -2.18. The molecule has 1 N–H and O–H groups in total. The summed E-state index contributed by atoms with van der Waals surface area (Å²) in [6, 6.07) is 14.4. The van der Waals surface area contributed by atoms with Gasteiger partial charge in [-0.2, -0.15) is 0 Å². The van der Waals surface area contributed by atoms with Crippen molar-refractivity contribution in [2.75, 3.05) is 11.9 Å². The summed E-state index contributed by atoms with van der Waals surface area (Å²) in [5.41, 5.74) is 1.98. The number of nitrogens with one attached hydrogen (secondary N) is 1. The van der Waals surface area contributed by atoms with Crippen molar-refractivity contribution >= 4 is 5.69 Å². The second-order valence-corrected chi connectivity index (χ2v) is 4.35. The molecule has 0 aliphatic rings. The minimum absolute atomic E-state index is 0.0854. The maximum Gasteiger partial charge on any atom is 0.142 e. The van der Waals surface area contributed by atoms with Gasteiger partial charge in [0.25, 0.3) is 0 Å². The van der Waals surface area contributed by atoms with Crippen LogP contribution in [0.25, 0.3) is 0 Å². The number of hydrogen-bond acceptors (Lipinski definition) is 2. The van der Waals surface area contributed by atoms with Crippen molar-refractivity contribution < 1.29 is 9.13 Å². The molecule has 2 rings (SSSR count). The van der Waals surface area contributed by atoms with Crippen LogP contribution in [0.4, 0.5) is 10.1 Å². The Morgan fingerprint density at radius 3 is 2.47 bits per heavy atom. The van der Waals surface area contributed by atoms with E-state index in [2.05, 4.69) is 5.32 Å². The number of ether oxygens (including phenoxy) is 1. The zero-order valence-corrected chi connectivity index (χ0v) is 11.2. The van der Waals surface area contributed by atoms with Crippen molar-refractivity contribution in [1.82, 2.24) is 0 Å². The summed E-state index contributed by atoms with van der Waals surface area (Å²) >= 11 is 0. The second-order valence-electron chi connectivity index (χ2n) is 4.35. The summed E-state index contributed by atoms with van der Waals surface area (Å²) < 4.78 is 18.5. The van der Waals surface area contributed by atoms with Crippen LogP contribution in [0.15, 0.2) is 48.5 Å². The van der Waals surface area contributed by atoms with Gasteiger partial charge < -0.3 is 10.1 Å². The van der Waals surface area contributed by atoms with Crippen molar-refractivity contribution in [1.29, 1.82) is 0 Å². The van der Waals surface area contributed by atoms with Crippen LogP contribution in [-0.4, -0.2) is 6.61 Å². The van der Waals surface area contributed by atoms with E-state index >= 15 is 0 Å². The van der Waals surface area contributed by atoms with Crippen molar-refractivity contribution in [3.63, 3.8) is 0 Å². The lowest BCUT2D eigenvalue weighted by molar-refractivity contribution is 0.341. The van der Waals surface area contributed by atoms with Crippen molar-refractivity contribution in [2.24, 2.45) is 0 Å². The first-order chi connectivity index (χ1) is 9.20. The molecule has 0 fully saturated rings. The Labute approximate surface area is 113 Å². The number of rotatable bonds is 5. The first-order valence-corrected chi connectivity index (χ1v) is 6.44. The molecular formula is C16H18FNO. The molecule has 19 heavy (non-hydrogen) atoms. The van der Waals surface area contributed by atoms with E-state index in [1.165, 1.54) is 12.1 Å². The second kappa shape index (κ2) is 6.23. The molecule has 0 amide bonds. The molecule has 0 aromatic heterocycles. The molecule has 0 saturated carbocycles. The lowest BCUT2D eigenvalue weighted by Crippen LogP contribution is -2.08. The molecular weight excluding hydrogens is 241 g/mol. The highest BCUT2D eigenvalue weighted by molar-refractivity contribution is 5.57. The Kier molecular flexibility index (Phi) is 4.39. The van der Waals surface area contributed by atoms with E-state index in [0.717, 1.165) is 17.0 Å². The summed E-state index contributed by atoms with van der Waals surface area (Å²) in [6.07, 6.45) is 0. The van der Waals surface area contributed by atoms with Gasteiger partial charge in [-0.05, 0) is 43.7 Å². The summed E-state index contributed by atoms with van der Waals surface area (Å²) in [5.74, 6) is 0.615. The predicted octanol–water partition coefficient (Wildman–Crippen LogP) is 4.40. The van der Waals surface area contributed by atoms with E-state index in [1.54, 1.807) is 12.1 Å². The van der Waals surface area contributed by atoms with Crippen LogP contribution in [0, 0.1) is 5.82 Å². The standard InChI is InChI=1S/C16H18FNO/c1-3-19-16-7-5-4-6-15(16)18-12(2)13-8-10-14(17)11-9-13/h4-12,18H,3H2,1-2H3/t12-/m0/s1. The Bertz CT molecular complexity index is 525. The Morgan fingerprint density at radius 2 is 1.79 bits per heavy atom. The molecule has 1 atom stereocenters. The third kappa shape index (κ3) is 3.47. The van der Waals surface area contributed by atoms with Crippen LogP contribution in [0.2, 0.25) is 0 Å². The Hall–Kier alpha value is -2.03. The highest BCUT2D eigenvalue weighted by Crippen LogP contribution is 2.28. The first kappa shape index (κ1) is 13.4. The molecule has 3 heteroatoms. The largest absolute Gasteiger partial charge is 0.492 e. The molecule has 0 radical (unpaired) electrons. The lowest BCUT2D eigenvalue weighted by atomic mass is 10.1. The average Bonchev–Trinajstić information content (AvgIpc) is 2.42. The van der Waals surface area contributed by atoms with Gasteiger partial charge in [-0.1, -0.05) is 24.3 Å². The number of anilines is 1. The summed E-state index contributed by atoms with van der Waals surface area (Å²) in [5, 5.41) is 3.38. The van der Waals surface area contributed by atoms with Crippen molar-refractivity contribution in [2.45, 2.75) is 19.9 Å². The maximum atomic E-state index is 12.9. The smallest absolute Gasteiger partial charge is 0.142 e. The number of benzene rings is 2. The van der Waals surface area contributed by atoms with Gasteiger partial charge in [-0.3, -0.25) is 0 Å². The third-order valence-electron chi connectivity index (χ3n) is 2.93. The van der Waals surface area contributed by atoms with E-state index in [1.807, 2.05) is 38.1 Å². The zero-order chi connectivity index (χ0) is 13.7. The average molecular weight is 259 g/mol. The van der Waals surface area contributed by atoms with Crippen LogP contribution in [0.1, 0.15) is 25.5 Å². The highest BCUT2D eigenvalue weighted by atomic mass is 19.1. The summed E-state index contributed by atoms with van der Waals surface area (Å²) in [4.78, 5) is 0. The monoisotopic (exact) mass is 259 g/mol. The van der Waals surface area contributed by atoms with Crippen LogP contribution in [0.3, 0.4) is 0 Å². The highest BCUT2D eigenvalue weighted by Gasteiger charge is 2.08. The molecule has 0 aliphatic carbocycles. The van der Waals surface area contributed by atoms with E-state index in [-0.39, 0.29) is 11.9 Å². The van der Waals surface area contributed by atoms with Crippen LogP contribution < -0.4 is 10.1 Å². The molecule has 100 valence electrons. The molecule has 0 saturated heterocycles. The third-order valence-corrected chi connectivity index (χ3v) is 2.93. The van der Waals surface area contributed by atoms with Gasteiger partial charge in [-0.25, -0.2) is 4.39 Å². The fourth-order valence-corrected chi connectivity index (χ4v) is 1.94. The van der Waals surface area contributed by atoms with Gasteiger partial charge >= 0.3 is 0 Å². The molecule has 0 aliphatic heterocycles. The molecule has 2 aromatic carbocycles. The topological polar surface area (TPSA) is 21.3 Å². The van der Waals surface area contributed by atoms with E-state index in [0.29, 0.717) is 6.61 Å². The number of hydrogen-bond donors (Lipinski definition) is 1. The normalized spacial score (nSPS) is 11.9. The Morgan fingerprint density at radius 1 is 1.11 bits per heavy atom. The fraction of sp³-hybridized carbons (Fsp3) is 0.250. The van der Waals surface area contributed by atoms with Crippen molar-refractivity contribution in [3.8, 4) is 5.75 Å². The van der Waals surface area contributed by atoms with Crippen LogP contribution in [-0.2, 0) is 0 Å². The molecule has 0 heterocycles. The predicted molar refractivity (Wildman–Crippen MR) is 76.0 cm³/mol. The number of para-hydroxylation sites is 2. The SMILES string of the molecule is CCOc1ccccc1N[C@@H](C)c1ccc(F)cc1. The molecule has 2 aromatic rings. The van der Waals surface area contributed by atoms with Gasteiger partial charge in [0, 0.05) is 6.04 Å². The summed E-state index contributed by atoms with van der Waals surface area (Å²) in [6.45, 7) is 4.62.